The Balaban J connectivity index is 1.90. The molecule has 0 atom stereocenters. The van der Waals surface area contributed by atoms with Crippen molar-refractivity contribution in [3.8, 4) is 0 Å². The SMILES string of the molecule is C=CCN(CC=C)CCCC(=O)N1c2ccccc2NC(=O)c2c(C)sc(C)c21. The molecule has 152 valence electrons. The van der Waals surface area contributed by atoms with Crippen LogP contribution in [0, 0.1) is 13.8 Å². The van der Waals surface area contributed by atoms with Crippen molar-refractivity contribution in [1.29, 1.82) is 0 Å². The van der Waals surface area contributed by atoms with Gasteiger partial charge in [-0.05, 0) is 38.9 Å². The molecule has 29 heavy (non-hydrogen) atoms. The first kappa shape index (κ1) is 21.0. The molecule has 0 unspecified atom stereocenters. The van der Waals surface area contributed by atoms with Gasteiger partial charge in [0, 0.05) is 29.3 Å². The largest absolute Gasteiger partial charge is 0.320 e. The van der Waals surface area contributed by atoms with E-state index in [1.54, 1.807) is 16.2 Å². The van der Waals surface area contributed by atoms with Gasteiger partial charge in [-0.1, -0.05) is 24.3 Å². The molecule has 0 saturated carbocycles. The summed E-state index contributed by atoms with van der Waals surface area (Å²) in [7, 11) is 0. The number of carbonyl (C=O) groups is 2. The number of anilines is 3. The molecule has 1 aromatic carbocycles. The second kappa shape index (κ2) is 9.20. The summed E-state index contributed by atoms with van der Waals surface area (Å²) in [5.41, 5.74) is 2.69. The lowest BCUT2D eigenvalue weighted by molar-refractivity contribution is -0.118. The molecule has 1 aliphatic rings. The van der Waals surface area contributed by atoms with Gasteiger partial charge in [-0.15, -0.1) is 24.5 Å². The van der Waals surface area contributed by atoms with Crippen LogP contribution in [-0.2, 0) is 4.79 Å². The average molecular weight is 410 g/mol. The maximum Gasteiger partial charge on any atom is 0.258 e. The summed E-state index contributed by atoms with van der Waals surface area (Å²) in [4.78, 5) is 32.0. The van der Waals surface area contributed by atoms with Gasteiger partial charge in [0.25, 0.3) is 5.91 Å². The summed E-state index contributed by atoms with van der Waals surface area (Å²) in [6, 6.07) is 7.48. The van der Waals surface area contributed by atoms with Crippen molar-refractivity contribution in [3.63, 3.8) is 0 Å². The Bertz CT molecular complexity index is 938. The van der Waals surface area contributed by atoms with E-state index in [4.69, 9.17) is 0 Å². The van der Waals surface area contributed by atoms with E-state index >= 15 is 0 Å². The van der Waals surface area contributed by atoms with Gasteiger partial charge < -0.3 is 5.32 Å². The van der Waals surface area contributed by atoms with Gasteiger partial charge in [0.2, 0.25) is 5.91 Å². The van der Waals surface area contributed by atoms with Gasteiger partial charge in [-0.3, -0.25) is 19.4 Å². The number of benzene rings is 1. The first-order valence-corrected chi connectivity index (χ1v) is 10.6. The number of thiophene rings is 1. The van der Waals surface area contributed by atoms with Gasteiger partial charge in [0.05, 0.1) is 22.6 Å². The summed E-state index contributed by atoms with van der Waals surface area (Å²) in [6.45, 7) is 13.8. The van der Waals surface area contributed by atoms with Crippen molar-refractivity contribution in [1.82, 2.24) is 4.90 Å². The van der Waals surface area contributed by atoms with Crippen LogP contribution in [0.25, 0.3) is 0 Å². The lowest BCUT2D eigenvalue weighted by Gasteiger charge is -2.24. The van der Waals surface area contributed by atoms with E-state index in [2.05, 4.69) is 23.4 Å². The standard InChI is InChI=1S/C23H27N3O2S/c1-5-13-25(14-6-2)15-9-12-20(27)26-19-11-8-7-10-18(19)24-23(28)21-16(3)29-17(4)22(21)26/h5-8,10-11H,1-2,9,12-15H2,3-4H3,(H,24,28). The smallest absolute Gasteiger partial charge is 0.258 e. The molecule has 0 aliphatic carbocycles. The predicted octanol–water partition coefficient (Wildman–Crippen LogP) is 5.05. The molecular weight excluding hydrogens is 382 g/mol. The normalized spacial score (nSPS) is 12.8. The summed E-state index contributed by atoms with van der Waals surface area (Å²) in [5.74, 6) is -0.166. The van der Waals surface area contributed by atoms with Gasteiger partial charge in [0.15, 0.2) is 0 Å². The van der Waals surface area contributed by atoms with Gasteiger partial charge in [-0.2, -0.15) is 0 Å². The van der Waals surface area contributed by atoms with Crippen LogP contribution in [0.15, 0.2) is 49.6 Å². The maximum absolute atomic E-state index is 13.4. The zero-order chi connectivity index (χ0) is 21.0. The minimum absolute atomic E-state index is 0.00624. The minimum Gasteiger partial charge on any atom is -0.320 e. The van der Waals surface area contributed by atoms with E-state index < -0.39 is 0 Å². The third-order valence-corrected chi connectivity index (χ3v) is 5.97. The van der Waals surface area contributed by atoms with Crippen molar-refractivity contribution in [2.75, 3.05) is 29.9 Å². The Hall–Kier alpha value is -2.70. The number of nitrogens with zero attached hydrogens (tertiary/aromatic N) is 2. The van der Waals surface area contributed by atoms with Gasteiger partial charge in [-0.25, -0.2) is 0 Å². The number of nitrogens with one attached hydrogen (secondary N) is 1. The van der Waals surface area contributed by atoms with E-state index in [1.165, 1.54) is 0 Å². The van der Waals surface area contributed by atoms with E-state index in [0.717, 1.165) is 41.5 Å². The van der Waals surface area contributed by atoms with Crippen LogP contribution in [0.2, 0.25) is 0 Å². The average Bonchev–Trinajstić information content (AvgIpc) is 2.89. The number of carbonyl (C=O) groups excluding carboxylic acids is 2. The Morgan fingerprint density at radius 2 is 1.86 bits per heavy atom. The maximum atomic E-state index is 13.4. The Morgan fingerprint density at radius 3 is 2.55 bits per heavy atom. The van der Waals surface area contributed by atoms with Crippen molar-refractivity contribution >= 4 is 40.2 Å². The molecule has 2 amide bonds. The van der Waals surface area contributed by atoms with Gasteiger partial charge in [0.1, 0.15) is 0 Å². The molecule has 0 saturated heterocycles. The molecule has 2 heterocycles. The molecule has 0 radical (unpaired) electrons. The van der Waals surface area contributed by atoms with E-state index in [9.17, 15) is 9.59 Å². The van der Waals surface area contributed by atoms with Crippen LogP contribution < -0.4 is 10.2 Å². The van der Waals surface area contributed by atoms with Crippen LogP contribution in [-0.4, -0.2) is 36.3 Å². The summed E-state index contributed by atoms with van der Waals surface area (Å²) in [6.07, 6.45) is 4.83. The zero-order valence-electron chi connectivity index (χ0n) is 17.0. The first-order chi connectivity index (χ1) is 14.0. The zero-order valence-corrected chi connectivity index (χ0v) is 17.8. The highest BCUT2D eigenvalue weighted by Crippen LogP contribution is 2.44. The molecule has 2 aromatic rings. The van der Waals surface area contributed by atoms with E-state index in [1.807, 2.05) is 50.3 Å². The Morgan fingerprint density at radius 1 is 1.17 bits per heavy atom. The minimum atomic E-state index is -0.159. The lowest BCUT2D eigenvalue weighted by atomic mass is 10.1. The molecule has 6 heteroatoms. The molecule has 3 rings (SSSR count). The fourth-order valence-corrected chi connectivity index (χ4v) is 4.78. The molecule has 5 nitrogen and oxygen atoms in total. The molecule has 0 spiro atoms. The fourth-order valence-electron chi connectivity index (χ4n) is 3.74. The number of para-hydroxylation sites is 2. The quantitative estimate of drug-likeness (QED) is 0.621. The van der Waals surface area contributed by atoms with Crippen molar-refractivity contribution < 1.29 is 9.59 Å². The second-order valence-corrected chi connectivity index (χ2v) is 8.51. The van der Waals surface area contributed by atoms with Crippen LogP contribution in [0.4, 0.5) is 17.1 Å². The fraction of sp³-hybridized carbons (Fsp3) is 0.304. The van der Waals surface area contributed by atoms with Gasteiger partial charge >= 0.3 is 0 Å². The topological polar surface area (TPSA) is 52.7 Å². The van der Waals surface area contributed by atoms with Crippen LogP contribution in [0.1, 0.15) is 33.0 Å². The summed E-state index contributed by atoms with van der Waals surface area (Å²) < 4.78 is 0. The van der Waals surface area contributed by atoms with E-state index in [0.29, 0.717) is 23.4 Å². The highest BCUT2D eigenvalue weighted by atomic mass is 32.1. The second-order valence-electron chi connectivity index (χ2n) is 7.08. The predicted molar refractivity (Wildman–Crippen MR) is 121 cm³/mol. The molecule has 0 fully saturated rings. The monoisotopic (exact) mass is 409 g/mol. The molecule has 1 aromatic heterocycles. The third kappa shape index (κ3) is 4.33. The summed E-state index contributed by atoms with van der Waals surface area (Å²) in [5, 5.41) is 2.97. The number of rotatable bonds is 8. The van der Waals surface area contributed by atoms with Crippen molar-refractivity contribution in [2.24, 2.45) is 0 Å². The molecular formula is C23H27N3O2S. The highest BCUT2D eigenvalue weighted by Gasteiger charge is 2.33. The van der Waals surface area contributed by atoms with Crippen molar-refractivity contribution in [2.45, 2.75) is 26.7 Å². The Labute approximate surface area is 176 Å². The van der Waals surface area contributed by atoms with Crippen molar-refractivity contribution in [3.05, 3.63) is 64.9 Å². The molecule has 0 bridgehead atoms. The van der Waals surface area contributed by atoms with Crippen LogP contribution in [0.5, 0.6) is 0 Å². The lowest BCUT2D eigenvalue weighted by Crippen LogP contribution is -2.29. The first-order valence-electron chi connectivity index (χ1n) is 9.75. The van der Waals surface area contributed by atoms with Crippen LogP contribution >= 0.6 is 11.3 Å². The third-order valence-electron chi connectivity index (χ3n) is 4.96. The molecule has 1 N–H and O–H groups in total. The molecule has 1 aliphatic heterocycles. The number of aryl methyl sites for hydroxylation is 2. The van der Waals surface area contributed by atoms with Crippen LogP contribution in [0.3, 0.4) is 0 Å². The van der Waals surface area contributed by atoms with E-state index in [-0.39, 0.29) is 11.8 Å². The highest BCUT2D eigenvalue weighted by molar-refractivity contribution is 7.13. The Kier molecular flexibility index (Phi) is 6.67. The number of hydrogen-bond acceptors (Lipinski definition) is 4. The summed E-state index contributed by atoms with van der Waals surface area (Å²) >= 11 is 1.55. The number of fused-ring (bicyclic) bond motifs is 2. The number of hydrogen-bond donors (Lipinski definition) is 1. The number of amides is 2.